The number of methoxy groups -OCH3 is 1. The van der Waals surface area contributed by atoms with E-state index in [2.05, 4.69) is 39.0 Å². The number of hydrogen-bond acceptors (Lipinski definition) is 2. The SMILES string of the molecule is CCCCCCc1ccc2c(oc3c(C)c(OC)ccc32)c1C. The summed E-state index contributed by atoms with van der Waals surface area (Å²) in [5, 5.41) is 2.39. The highest BCUT2D eigenvalue weighted by atomic mass is 16.5. The van der Waals surface area contributed by atoms with E-state index in [-0.39, 0.29) is 0 Å². The molecule has 0 saturated carbocycles. The Hall–Kier alpha value is -1.96. The lowest BCUT2D eigenvalue weighted by atomic mass is 9.99. The van der Waals surface area contributed by atoms with Crippen LogP contribution in [0.5, 0.6) is 5.75 Å². The highest BCUT2D eigenvalue weighted by molar-refractivity contribution is 6.07. The molecular formula is C21H26O2. The largest absolute Gasteiger partial charge is 0.496 e. The van der Waals surface area contributed by atoms with Crippen LogP contribution in [0.25, 0.3) is 21.9 Å². The van der Waals surface area contributed by atoms with Crippen LogP contribution in [-0.4, -0.2) is 7.11 Å². The van der Waals surface area contributed by atoms with Gasteiger partial charge in [0.1, 0.15) is 16.9 Å². The summed E-state index contributed by atoms with van der Waals surface area (Å²) in [4.78, 5) is 0. The third kappa shape index (κ3) is 2.83. The van der Waals surface area contributed by atoms with Gasteiger partial charge in [-0.25, -0.2) is 0 Å². The van der Waals surface area contributed by atoms with Crippen LogP contribution in [0.4, 0.5) is 0 Å². The Morgan fingerprint density at radius 2 is 1.57 bits per heavy atom. The molecule has 0 aliphatic carbocycles. The molecule has 0 bridgehead atoms. The predicted molar refractivity (Wildman–Crippen MR) is 97.6 cm³/mol. The van der Waals surface area contributed by atoms with E-state index < -0.39 is 0 Å². The molecule has 0 amide bonds. The summed E-state index contributed by atoms with van der Waals surface area (Å²) in [7, 11) is 1.70. The van der Waals surface area contributed by atoms with Crippen LogP contribution in [-0.2, 0) is 6.42 Å². The molecular weight excluding hydrogens is 284 g/mol. The molecule has 0 spiro atoms. The zero-order chi connectivity index (χ0) is 16.4. The smallest absolute Gasteiger partial charge is 0.142 e. The van der Waals surface area contributed by atoms with E-state index in [0.717, 1.165) is 28.9 Å². The molecule has 3 aromatic rings. The van der Waals surface area contributed by atoms with Crippen molar-refractivity contribution in [2.24, 2.45) is 0 Å². The van der Waals surface area contributed by atoms with Gasteiger partial charge in [-0.1, -0.05) is 38.3 Å². The maximum absolute atomic E-state index is 6.24. The molecule has 23 heavy (non-hydrogen) atoms. The maximum atomic E-state index is 6.24. The molecule has 0 aliphatic rings. The Morgan fingerprint density at radius 3 is 2.26 bits per heavy atom. The number of unbranched alkanes of at least 4 members (excludes halogenated alkanes) is 3. The fraction of sp³-hybridized carbons (Fsp3) is 0.429. The minimum absolute atomic E-state index is 0.883. The molecule has 1 aromatic heterocycles. The minimum atomic E-state index is 0.883. The van der Waals surface area contributed by atoms with Gasteiger partial charge in [0, 0.05) is 16.3 Å². The molecule has 0 radical (unpaired) electrons. The summed E-state index contributed by atoms with van der Waals surface area (Å²) >= 11 is 0. The van der Waals surface area contributed by atoms with E-state index in [0.29, 0.717) is 0 Å². The lowest BCUT2D eigenvalue weighted by molar-refractivity contribution is 0.411. The highest BCUT2D eigenvalue weighted by Crippen LogP contribution is 2.37. The van der Waals surface area contributed by atoms with Gasteiger partial charge in [0.25, 0.3) is 0 Å². The lowest BCUT2D eigenvalue weighted by Gasteiger charge is -2.06. The molecule has 0 aliphatic heterocycles. The Morgan fingerprint density at radius 1 is 0.870 bits per heavy atom. The molecule has 0 N–H and O–H groups in total. The second-order valence-corrected chi connectivity index (χ2v) is 6.41. The molecule has 2 aromatic carbocycles. The van der Waals surface area contributed by atoms with Crippen molar-refractivity contribution >= 4 is 21.9 Å². The first-order valence-electron chi connectivity index (χ1n) is 8.65. The predicted octanol–water partition coefficient (Wildman–Crippen LogP) is 6.33. The standard InChI is InChI=1S/C21H26O2/c1-5-6-7-8-9-16-10-11-17-18-12-13-19(22-4)15(3)21(18)23-20(17)14(16)2/h10-13H,5-9H2,1-4H3. The molecule has 1 heterocycles. The lowest BCUT2D eigenvalue weighted by Crippen LogP contribution is -1.90. The van der Waals surface area contributed by atoms with Crippen molar-refractivity contribution in [3.8, 4) is 5.75 Å². The van der Waals surface area contributed by atoms with E-state index >= 15 is 0 Å². The molecule has 2 nitrogen and oxygen atoms in total. The number of ether oxygens (including phenoxy) is 1. The van der Waals surface area contributed by atoms with Crippen molar-refractivity contribution in [2.75, 3.05) is 7.11 Å². The number of fused-ring (bicyclic) bond motifs is 3. The molecule has 122 valence electrons. The quantitative estimate of drug-likeness (QED) is 0.496. The van der Waals surface area contributed by atoms with Gasteiger partial charge in [0.2, 0.25) is 0 Å². The van der Waals surface area contributed by atoms with Crippen LogP contribution in [0.2, 0.25) is 0 Å². The average Bonchev–Trinajstić information content (AvgIpc) is 2.94. The third-order valence-electron chi connectivity index (χ3n) is 4.89. The Kier molecular flexibility index (Phi) is 4.61. The summed E-state index contributed by atoms with van der Waals surface area (Å²) in [5.41, 5.74) is 5.76. The fourth-order valence-corrected chi connectivity index (χ4v) is 3.43. The third-order valence-corrected chi connectivity index (χ3v) is 4.89. The van der Waals surface area contributed by atoms with Gasteiger partial charge in [-0.15, -0.1) is 0 Å². The topological polar surface area (TPSA) is 22.4 Å². The second kappa shape index (κ2) is 6.66. The average molecular weight is 310 g/mol. The number of aryl methyl sites for hydroxylation is 3. The zero-order valence-corrected chi connectivity index (χ0v) is 14.7. The van der Waals surface area contributed by atoms with Crippen molar-refractivity contribution in [3.63, 3.8) is 0 Å². The Bertz CT molecular complexity index is 827. The van der Waals surface area contributed by atoms with Crippen LogP contribution >= 0.6 is 0 Å². The van der Waals surface area contributed by atoms with Crippen LogP contribution in [0.15, 0.2) is 28.7 Å². The van der Waals surface area contributed by atoms with Crippen molar-refractivity contribution < 1.29 is 9.15 Å². The van der Waals surface area contributed by atoms with Gasteiger partial charge in [0.05, 0.1) is 7.11 Å². The van der Waals surface area contributed by atoms with E-state index in [9.17, 15) is 0 Å². The summed E-state index contributed by atoms with van der Waals surface area (Å²) in [6.45, 7) is 6.50. The summed E-state index contributed by atoms with van der Waals surface area (Å²) in [6.07, 6.45) is 6.31. The van der Waals surface area contributed by atoms with Crippen molar-refractivity contribution in [1.82, 2.24) is 0 Å². The molecule has 3 rings (SSSR count). The van der Waals surface area contributed by atoms with E-state index in [1.807, 2.05) is 6.07 Å². The fourth-order valence-electron chi connectivity index (χ4n) is 3.43. The molecule has 0 saturated heterocycles. The van der Waals surface area contributed by atoms with Crippen molar-refractivity contribution in [2.45, 2.75) is 52.9 Å². The van der Waals surface area contributed by atoms with Gasteiger partial charge >= 0.3 is 0 Å². The van der Waals surface area contributed by atoms with Gasteiger partial charge in [-0.2, -0.15) is 0 Å². The Balaban J connectivity index is 2.03. The maximum Gasteiger partial charge on any atom is 0.142 e. The minimum Gasteiger partial charge on any atom is -0.496 e. The molecule has 0 unspecified atom stereocenters. The van der Waals surface area contributed by atoms with E-state index in [1.165, 1.54) is 47.6 Å². The van der Waals surface area contributed by atoms with Gasteiger partial charge in [-0.3, -0.25) is 0 Å². The van der Waals surface area contributed by atoms with Crippen LogP contribution in [0.3, 0.4) is 0 Å². The number of hydrogen-bond donors (Lipinski definition) is 0. The Labute approximate surface area is 138 Å². The van der Waals surface area contributed by atoms with Crippen LogP contribution in [0, 0.1) is 13.8 Å². The van der Waals surface area contributed by atoms with Gasteiger partial charge in [0.15, 0.2) is 0 Å². The highest BCUT2D eigenvalue weighted by Gasteiger charge is 2.15. The first-order chi connectivity index (χ1) is 11.2. The summed E-state index contributed by atoms with van der Waals surface area (Å²) in [5.74, 6) is 0.883. The number of benzene rings is 2. The molecule has 0 fully saturated rings. The van der Waals surface area contributed by atoms with Crippen molar-refractivity contribution in [1.29, 1.82) is 0 Å². The van der Waals surface area contributed by atoms with Gasteiger partial charge < -0.3 is 9.15 Å². The first-order valence-corrected chi connectivity index (χ1v) is 8.65. The molecule has 0 atom stereocenters. The van der Waals surface area contributed by atoms with Gasteiger partial charge in [-0.05, 0) is 49.9 Å². The molecule has 2 heteroatoms. The summed E-state index contributed by atoms with van der Waals surface area (Å²) < 4.78 is 11.7. The zero-order valence-electron chi connectivity index (χ0n) is 14.7. The van der Waals surface area contributed by atoms with Crippen LogP contribution < -0.4 is 4.74 Å². The van der Waals surface area contributed by atoms with E-state index in [4.69, 9.17) is 9.15 Å². The second-order valence-electron chi connectivity index (χ2n) is 6.41. The normalized spacial score (nSPS) is 11.5. The van der Waals surface area contributed by atoms with Crippen molar-refractivity contribution in [3.05, 3.63) is 41.0 Å². The number of rotatable bonds is 6. The van der Waals surface area contributed by atoms with Crippen LogP contribution in [0.1, 0.15) is 49.3 Å². The van der Waals surface area contributed by atoms with E-state index in [1.54, 1.807) is 7.11 Å². The number of furan rings is 1. The monoisotopic (exact) mass is 310 g/mol. The first kappa shape index (κ1) is 15.9. The summed E-state index contributed by atoms with van der Waals surface area (Å²) in [6, 6.07) is 8.63.